The molecule has 0 fully saturated rings. The lowest BCUT2D eigenvalue weighted by Gasteiger charge is -2.11. The van der Waals surface area contributed by atoms with E-state index in [0.717, 1.165) is 22.4 Å². The normalized spacial score (nSPS) is 10.6. The number of nitrogens with one attached hydrogen (secondary N) is 2. The molecule has 0 bridgehead atoms. The minimum absolute atomic E-state index is 0.123. The van der Waals surface area contributed by atoms with Gasteiger partial charge in [-0.2, -0.15) is 0 Å². The number of hydrogen-bond donors (Lipinski definition) is 2. The molecule has 4 rings (SSSR count). The summed E-state index contributed by atoms with van der Waals surface area (Å²) in [6.07, 6.45) is 0. The molecule has 3 aromatic carbocycles. The third-order valence-electron chi connectivity index (χ3n) is 4.53. The maximum absolute atomic E-state index is 12.7. The highest BCUT2D eigenvalue weighted by atomic mass is 16.5. The number of amides is 1. The van der Waals surface area contributed by atoms with Crippen LogP contribution >= 0.6 is 0 Å². The molecule has 0 aliphatic carbocycles. The van der Waals surface area contributed by atoms with Gasteiger partial charge in [0.1, 0.15) is 11.6 Å². The van der Waals surface area contributed by atoms with Crippen molar-refractivity contribution in [2.75, 3.05) is 11.9 Å². The maximum Gasteiger partial charge on any atom is 0.289 e. The van der Waals surface area contributed by atoms with Crippen LogP contribution in [0.15, 0.2) is 78.9 Å². The Hall–Kier alpha value is -3.93. The molecule has 2 N–H and O–H groups in total. The van der Waals surface area contributed by atoms with Crippen molar-refractivity contribution in [1.29, 1.82) is 0 Å². The summed E-state index contributed by atoms with van der Waals surface area (Å²) in [6.45, 7) is 2.94. The second-order valence-electron chi connectivity index (χ2n) is 6.66. The van der Waals surface area contributed by atoms with Crippen molar-refractivity contribution in [2.24, 2.45) is 0 Å². The van der Waals surface area contributed by atoms with Gasteiger partial charge in [0.15, 0.2) is 0 Å². The van der Waals surface area contributed by atoms with Gasteiger partial charge in [0.25, 0.3) is 5.91 Å². The topological polar surface area (TPSA) is 76.1 Å². The molecule has 4 aromatic rings. The molecule has 30 heavy (non-hydrogen) atoms. The molecule has 6 nitrogen and oxygen atoms in total. The van der Waals surface area contributed by atoms with Crippen LogP contribution in [0.4, 0.5) is 11.5 Å². The van der Waals surface area contributed by atoms with Crippen LogP contribution in [0.25, 0.3) is 10.9 Å². The van der Waals surface area contributed by atoms with E-state index in [-0.39, 0.29) is 11.7 Å². The van der Waals surface area contributed by atoms with Crippen molar-refractivity contribution in [3.63, 3.8) is 0 Å². The molecule has 1 heterocycles. The fraction of sp³-hybridized carbons (Fsp3) is 0.125. The van der Waals surface area contributed by atoms with Crippen molar-refractivity contribution in [3.8, 4) is 5.75 Å². The summed E-state index contributed by atoms with van der Waals surface area (Å²) in [5.74, 6) is 1.20. The fourth-order valence-electron chi connectivity index (χ4n) is 3.06. The minimum Gasteiger partial charge on any atom is -0.494 e. The van der Waals surface area contributed by atoms with Crippen molar-refractivity contribution in [2.45, 2.75) is 13.5 Å². The number of ether oxygens (including phenoxy) is 1. The predicted molar refractivity (Wildman–Crippen MR) is 118 cm³/mol. The SMILES string of the molecule is CCOc1ccc(CNC(=O)c2nc(Nc3ccccc3)c3ccccc3n2)cc1. The van der Waals surface area contributed by atoms with Crippen molar-refractivity contribution >= 4 is 28.3 Å². The number of hydrogen-bond acceptors (Lipinski definition) is 5. The van der Waals surface area contributed by atoms with Crippen molar-refractivity contribution < 1.29 is 9.53 Å². The lowest BCUT2D eigenvalue weighted by Crippen LogP contribution is -2.25. The quantitative estimate of drug-likeness (QED) is 0.472. The van der Waals surface area contributed by atoms with Gasteiger partial charge in [-0.05, 0) is 48.9 Å². The summed E-state index contributed by atoms with van der Waals surface area (Å²) in [7, 11) is 0. The lowest BCUT2D eigenvalue weighted by atomic mass is 10.2. The average molecular weight is 398 g/mol. The second-order valence-corrected chi connectivity index (χ2v) is 6.66. The van der Waals surface area contributed by atoms with Crippen LogP contribution in [0, 0.1) is 0 Å². The standard InChI is InChI=1S/C24H22N4O2/c1-2-30-19-14-12-17(13-15-19)16-25-24(29)23-27-21-11-7-6-10-20(21)22(28-23)26-18-8-4-3-5-9-18/h3-15H,2,16H2,1H3,(H,25,29)(H,26,27,28). The Morgan fingerprint density at radius 3 is 2.40 bits per heavy atom. The number of aromatic nitrogens is 2. The molecule has 1 aromatic heterocycles. The van der Waals surface area contributed by atoms with Gasteiger partial charge in [-0.3, -0.25) is 4.79 Å². The largest absolute Gasteiger partial charge is 0.494 e. The van der Waals surface area contributed by atoms with Gasteiger partial charge in [0.2, 0.25) is 5.82 Å². The number of rotatable bonds is 7. The summed E-state index contributed by atoms with van der Waals surface area (Å²) < 4.78 is 5.44. The Balaban J connectivity index is 1.54. The van der Waals surface area contributed by atoms with Crippen LogP contribution in [0.3, 0.4) is 0 Å². The minimum atomic E-state index is -0.328. The van der Waals surface area contributed by atoms with Gasteiger partial charge in [0.05, 0.1) is 12.1 Å². The second kappa shape index (κ2) is 9.05. The Morgan fingerprint density at radius 2 is 1.63 bits per heavy atom. The number of carbonyl (C=O) groups excluding carboxylic acids is 1. The van der Waals surface area contributed by atoms with Crippen LogP contribution in [-0.4, -0.2) is 22.5 Å². The summed E-state index contributed by atoms with van der Waals surface area (Å²) in [6, 6.07) is 25.0. The highest BCUT2D eigenvalue weighted by Crippen LogP contribution is 2.23. The molecular weight excluding hydrogens is 376 g/mol. The lowest BCUT2D eigenvalue weighted by molar-refractivity contribution is 0.0941. The Labute approximate surface area is 175 Å². The first kappa shape index (κ1) is 19.4. The Kier molecular flexibility index (Phi) is 5.85. The number of nitrogens with zero attached hydrogens (tertiary/aromatic N) is 2. The van der Waals surface area contributed by atoms with Crippen LogP contribution < -0.4 is 15.4 Å². The van der Waals surface area contributed by atoms with Gasteiger partial charge in [-0.15, -0.1) is 0 Å². The summed E-state index contributed by atoms with van der Waals surface area (Å²) in [4.78, 5) is 21.7. The molecule has 0 radical (unpaired) electrons. The van der Waals surface area contributed by atoms with Gasteiger partial charge < -0.3 is 15.4 Å². The maximum atomic E-state index is 12.7. The Morgan fingerprint density at radius 1 is 0.900 bits per heavy atom. The molecular formula is C24H22N4O2. The van der Waals surface area contributed by atoms with Crippen LogP contribution in [0.5, 0.6) is 5.75 Å². The van der Waals surface area contributed by atoms with Crippen molar-refractivity contribution in [1.82, 2.24) is 15.3 Å². The first-order valence-corrected chi connectivity index (χ1v) is 9.81. The first-order chi connectivity index (χ1) is 14.7. The predicted octanol–water partition coefficient (Wildman–Crippen LogP) is 4.70. The summed E-state index contributed by atoms with van der Waals surface area (Å²) in [5.41, 5.74) is 2.56. The molecule has 0 spiro atoms. The Bertz CT molecular complexity index is 1140. The molecule has 6 heteroatoms. The summed E-state index contributed by atoms with van der Waals surface area (Å²) >= 11 is 0. The van der Waals surface area contributed by atoms with Gasteiger partial charge in [-0.25, -0.2) is 9.97 Å². The zero-order chi connectivity index (χ0) is 20.8. The van der Waals surface area contributed by atoms with Gasteiger partial charge in [0, 0.05) is 17.6 Å². The molecule has 150 valence electrons. The van der Waals surface area contributed by atoms with E-state index in [1.54, 1.807) is 0 Å². The highest BCUT2D eigenvalue weighted by Gasteiger charge is 2.14. The van der Waals surface area contributed by atoms with E-state index < -0.39 is 0 Å². The summed E-state index contributed by atoms with van der Waals surface area (Å²) in [5, 5.41) is 7.03. The average Bonchev–Trinajstić information content (AvgIpc) is 2.79. The van der Waals surface area contributed by atoms with E-state index in [2.05, 4.69) is 20.6 Å². The number of anilines is 2. The zero-order valence-corrected chi connectivity index (χ0v) is 16.6. The van der Waals surface area contributed by atoms with Gasteiger partial charge in [-0.1, -0.05) is 42.5 Å². The monoisotopic (exact) mass is 398 g/mol. The van der Waals surface area contributed by atoms with Crippen molar-refractivity contribution in [3.05, 3.63) is 90.3 Å². The number of fused-ring (bicyclic) bond motifs is 1. The smallest absolute Gasteiger partial charge is 0.289 e. The number of benzene rings is 3. The van der Waals surface area contributed by atoms with Crippen LogP contribution in [-0.2, 0) is 6.54 Å². The molecule has 0 saturated heterocycles. The van der Waals surface area contributed by atoms with E-state index in [9.17, 15) is 4.79 Å². The number of para-hydroxylation sites is 2. The molecule has 0 saturated carbocycles. The first-order valence-electron chi connectivity index (χ1n) is 9.81. The number of carbonyl (C=O) groups is 1. The third-order valence-corrected chi connectivity index (χ3v) is 4.53. The van der Waals surface area contributed by atoms with E-state index in [1.165, 1.54) is 0 Å². The van der Waals surface area contributed by atoms with Crippen LogP contribution in [0.1, 0.15) is 23.1 Å². The van der Waals surface area contributed by atoms with E-state index >= 15 is 0 Å². The molecule has 0 unspecified atom stereocenters. The van der Waals surface area contributed by atoms with Gasteiger partial charge >= 0.3 is 0 Å². The third kappa shape index (κ3) is 4.55. The molecule has 0 aliphatic rings. The molecule has 0 atom stereocenters. The van der Waals surface area contributed by atoms with E-state index in [1.807, 2.05) is 85.8 Å². The fourth-order valence-corrected chi connectivity index (χ4v) is 3.06. The molecule has 1 amide bonds. The highest BCUT2D eigenvalue weighted by molar-refractivity contribution is 5.97. The van der Waals surface area contributed by atoms with Crippen LogP contribution in [0.2, 0.25) is 0 Å². The van der Waals surface area contributed by atoms with E-state index in [0.29, 0.717) is 24.5 Å². The molecule has 0 aliphatic heterocycles. The van der Waals surface area contributed by atoms with E-state index in [4.69, 9.17) is 4.74 Å². The zero-order valence-electron chi connectivity index (χ0n) is 16.6.